The number of nitrogens with zero attached hydrogens (tertiary/aromatic N) is 2. The van der Waals surface area contributed by atoms with Crippen LogP contribution in [0.2, 0.25) is 0 Å². The molecule has 22 heavy (non-hydrogen) atoms. The molecule has 0 saturated carbocycles. The number of hydrogen-bond donors (Lipinski definition) is 1. The summed E-state index contributed by atoms with van der Waals surface area (Å²) in [5.74, 6) is -0.313. The molecule has 2 heterocycles. The Labute approximate surface area is 133 Å². The monoisotopic (exact) mass is 378 g/mol. The number of anilines is 1. The number of alkyl halides is 4. The van der Waals surface area contributed by atoms with Gasteiger partial charge >= 0.3 is 12.3 Å². The number of halogens is 4. The van der Waals surface area contributed by atoms with E-state index in [4.69, 9.17) is 0 Å². The number of carbonyl (C=O) groups is 1. The van der Waals surface area contributed by atoms with Gasteiger partial charge in [0.05, 0.1) is 16.2 Å². The van der Waals surface area contributed by atoms with Crippen LogP contribution in [0.3, 0.4) is 0 Å². The minimum atomic E-state index is -4.43. The molecule has 3 atom stereocenters. The summed E-state index contributed by atoms with van der Waals surface area (Å²) in [4.78, 5) is 13.6. The average Bonchev–Trinajstić information content (AvgIpc) is 2.72. The molecule has 1 aromatic carbocycles. The van der Waals surface area contributed by atoms with Gasteiger partial charge in [-0.15, -0.1) is 0 Å². The Kier molecular flexibility index (Phi) is 3.54. The number of amides is 1. The van der Waals surface area contributed by atoms with Crippen LogP contribution in [0, 0.1) is 0 Å². The second-order valence-corrected chi connectivity index (χ2v) is 6.52. The van der Waals surface area contributed by atoms with Crippen molar-refractivity contribution in [1.29, 1.82) is 0 Å². The highest BCUT2D eigenvalue weighted by molar-refractivity contribution is 9.09. The van der Waals surface area contributed by atoms with Gasteiger partial charge in [-0.3, -0.25) is 4.90 Å². The van der Waals surface area contributed by atoms with Crippen LogP contribution in [0.5, 0.6) is 0 Å². The van der Waals surface area contributed by atoms with E-state index in [2.05, 4.69) is 15.9 Å². The number of carboxylic acid groups (broad SMARTS) is 1. The molecule has 0 spiro atoms. The van der Waals surface area contributed by atoms with Gasteiger partial charge in [0, 0.05) is 25.6 Å². The molecule has 1 N–H and O–H groups in total. The van der Waals surface area contributed by atoms with E-state index in [-0.39, 0.29) is 17.6 Å². The topological polar surface area (TPSA) is 43.8 Å². The van der Waals surface area contributed by atoms with Crippen molar-refractivity contribution in [2.24, 2.45) is 0 Å². The Hall–Kier alpha value is -1.44. The van der Waals surface area contributed by atoms with Crippen molar-refractivity contribution < 1.29 is 23.1 Å². The fourth-order valence-electron chi connectivity index (χ4n) is 3.56. The largest absolute Gasteiger partial charge is 0.465 e. The SMILES string of the molecule is CN1c2c(cccc2C(F)(F)F)[C@H]2C(Br)N(C(=O)O)CC[C@@H]21. The standard InChI is InChI=1S/C14H14BrF3N2O2/c1-19-9-5-6-20(13(21)22)12(15)10(9)7-3-2-4-8(11(7)19)14(16,17)18/h2-4,9-10,12H,5-6H2,1H3,(H,21,22)/t9-,10+,12?/m0/s1. The maximum atomic E-state index is 13.3. The third-order valence-electron chi connectivity index (χ3n) is 4.50. The van der Waals surface area contributed by atoms with Crippen molar-refractivity contribution >= 4 is 27.7 Å². The molecule has 8 heteroatoms. The molecule has 1 amide bonds. The summed E-state index contributed by atoms with van der Waals surface area (Å²) >= 11 is 3.37. The van der Waals surface area contributed by atoms with E-state index in [1.807, 2.05) is 0 Å². The van der Waals surface area contributed by atoms with Crippen LogP contribution in [-0.4, -0.2) is 40.7 Å². The van der Waals surface area contributed by atoms with Gasteiger partial charge in [-0.25, -0.2) is 4.79 Å². The molecule has 0 aromatic heterocycles. The first-order chi connectivity index (χ1) is 10.2. The summed E-state index contributed by atoms with van der Waals surface area (Å²) in [6, 6.07) is 3.98. The van der Waals surface area contributed by atoms with E-state index < -0.39 is 22.8 Å². The van der Waals surface area contributed by atoms with Crippen molar-refractivity contribution in [3.63, 3.8) is 0 Å². The Morgan fingerprint density at radius 3 is 2.68 bits per heavy atom. The first-order valence-electron chi connectivity index (χ1n) is 6.80. The van der Waals surface area contributed by atoms with Crippen molar-refractivity contribution in [1.82, 2.24) is 4.90 Å². The molecule has 4 nitrogen and oxygen atoms in total. The van der Waals surface area contributed by atoms with Gasteiger partial charge in [0.15, 0.2) is 0 Å². The van der Waals surface area contributed by atoms with Crippen molar-refractivity contribution in [2.75, 3.05) is 18.5 Å². The van der Waals surface area contributed by atoms with Crippen LogP contribution in [0.25, 0.3) is 0 Å². The molecule has 1 fully saturated rings. The van der Waals surface area contributed by atoms with Gasteiger partial charge in [-0.2, -0.15) is 13.2 Å². The van der Waals surface area contributed by atoms with Crippen LogP contribution >= 0.6 is 15.9 Å². The summed E-state index contributed by atoms with van der Waals surface area (Å²) in [5, 5.41) is 9.23. The van der Waals surface area contributed by atoms with E-state index in [9.17, 15) is 23.1 Å². The maximum Gasteiger partial charge on any atom is 0.418 e. The Morgan fingerprint density at radius 1 is 1.41 bits per heavy atom. The zero-order chi connectivity index (χ0) is 16.2. The van der Waals surface area contributed by atoms with E-state index in [1.165, 1.54) is 11.0 Å². The highest BCUT2D eigenvalue weighted by Gasteiger charge is 2.49. The molecule has 2 aliphatic rings. The molecule has 2 aliphatic heterocycles. The zero-order valence-electron chi connectivity index (χ0n) is 11.6. The summed E-state index contributed by atoms with van der Waals surface area (Å²) in [6.45, 7) is 0.298. The number of fused-ring (bicyclic) bond motifs is 3. The molecular weight excluding hydrogens is 365 g/mol. The third kappa shape index (κ3) is 2.15. The molecule has 1 saturated heterocycles. The Balaban J connectivity index is 2.10. The lowest BCUT2D eigenvalue weighted by molar-refractivity contribution is -0.137. The minimum Gasteiger partial charge on any atom is -0.465 e. The van der Waals surface area contributed by atoms with E-state index in [0.717, 1.165) is 6.07 Å². The van der Waals surface area contributed by atoms with Gasteiger partial charge in [-0.05, 0) is 18.1 Å². The fraction of sp³-hybridized carbons (Fsp3) is 0.500. The van der Waals surface area contributed by atoms with Crippen molar-refractivity contribution in [3.05, 3.63) is 29.3 Å². The summed E-state index contributed by atoms with van der Waals surface area (Å²) in [6.07, 6.45) is -4.99. The van der Waals surface area contributed by atoms with Crippen molar-refractivity contribution in [3.8, 4) is 0 Å². The van der Waals surface area contributed by atoms with E-state index in [0.29, 0.717) is 18.5 Å². The summed E-state index contributed by atoms with van der Waals surface area (Å²) in [7, 11) is 1.65. The number of para-hydroxylation sites is 1. The lowest BCUT2D eigenvalue weighted by Crippen LogP contribution is -2.50. The second-order valence-electron chi connectivity index (χ2n) is 5.58. The lowest BCUT2D eigenvalue weighted by Gasteiger charge is -2.40. The Bertz CT molecular complexity index is 623. The van der Waals surface area contributed by atoms with Gasteiger partial charge in [0.25, 0.3) is 0 Å². The fourth-order valence-corrected chi connectivity index (χ4v) is 4.58. The predicted octanol–water partition coefficient (Wildman–Crippen LogP) is 3.71. The van der Waals surface area contributed by atoms with Gasteiger partial charge in [-0.1, -0.05) is 28.1 Å². The molecule has 1 aromatic rings. The van der Waals surface area contributed by atoms with Crippen molar-refractivity contribution in [2.45, 2.75) is 29.5 Å². The smallest absolute Gasteiger partial charge is 0.418 e. The van der Waals surface area contributed by atoms with E-state index in [1.54, 1.807) is 18.0 Å². The first kappa shape index (κ1) is 15.5. The lowest BCUT2D eigenvalue weighted by atomic mass is 9.88. The molecule has 120 valence electrons. The second kappa shape index (κ2) is 5.04. The molecule has 0 bridgehead atoms. The average molecular weight is 379 g/mol. The van der Waals surface area contributed by atoms with Gasteiger partial charge in [0.1, 0.15) is 0 Å². The summed E-state index contributed by atoms with van der Waals surface area (Å²) in [5.41, 5.74) is 0.0558. The minimum absolute atomic E-state index is 0.140. The van der Waals surface area contributed by atoms with Crippen LogP contribution in [0.4, 0.5) is 23.7 Å². The quantitative estimate of drug-likeness (QED) is 0.552. The number of hydrogen-bond acceptors (Lipinski definition) is 2. The summed E-state index contributed by atoms with van der Waals surface area (Å²) < 4.78 is 39.8. The molecule has 1 unspecified atom stereocenters. The third-order valence-corrected chi connectivity index (χ3v) is 5.57. The van der Waals surface area contributed by atoms with Crippen LogP contribution < -0.4 is 4.90 Å². The molecule has 3 rings (SSSR count). The first-order valence-corrected chi connectivity index (χ1v) is 7.71. The highest BCUT2D eigenvalue weighted by atomic mass is 79.9. The number of likely N-dealkylation sites (tertiary alicyclic amines) is 1. The number of piperidine rings is 1. The highest BCUT2D eigenvalue weighted by Crippen LogP contribution is 2.52. The maximum absolute atomic E-state index is 13.3. The number of likely N-dealkylation sites (N-methyl/N-ethyl adjacent to an activating group) is 1. The van der Waals surface area contributed by atoms with Crippen LogP contribution in [-0.2, 0) is 6.18 Å². The van der Waals surface area contributed by atoms with E-state index >= 15 is 0 Å². The Morgan fingerprint density at radius 2 is 2.09 bits per heavy atom. The molecule has 0 radical (unpaired) electrons. The van der Waals surface area contributed by atoms with Gasteiger partial charge < -0.3 is 10.0 Å². The normalized spacial score (nSPS) is 27.6. The predicted molar refractivity (Wildman–Crippen MR) is 78.4 cm³/mol. The number of rotatable bonds is 0. The molecular formula is C14H14BrF3N2O2. The number of benzene rings is 1. The van der Waals surface area contributed by atoms with Crippen LogP contribution in [0.1, 0.15) is 23.5 Å². The van der Waals surface area contributed by atoms with Gasteiger partial charge in [0.2, 0.25) is 0 Å². The zero-order valence-corrected chi connectivity index (χ0v) is 13.2. The van der Waals surface area contributed by atoms with Crippen LogP contribution in [0.15, 0.2) is 18.2 Å². The molecule has 0 aliphatic carbocycles.